The summed E-state index contributed by atoms with van der Waals surface area (Å²) in [5.74, 6) is 1.68. The van der Waals surface area contributed by atoms with Gasteiger partial charge in [0.25, 0.3) is 5.91 Å². The van der Waals surface area contributed by atoms with E-state index in [1.54, 1.807) is 12.1 Å². The lowest BCUT2D eigenvalue weighted by Crippen LogP contribution is -2.10. The normalized spacial score (nSPS) is 21.9. The summed E-state index contributed by atoms with van der Waals surface area (Å²) in [6.45, 7) is 2.21. The van der Waals surface area contributed by atoms with E-state index in [2.05, 4.69) is 22.4 Å². The molecule has 4 nitrogen and oxygen atoms in total. The highest BCUT2D eigenvalue weighted by Gasteiger charge is 2.35. The monoisotopic (exact) mass is 281 g/mol. The Morgan fingerprint density at radius 3 is 3.00 bits per heavy atom. The van der Waals surface area contributed by atoms with Crippen LogP contribution in [-0.4, -0.2) is 16.1 Å². The van der Waals surface area contributed by atoms with Crippen molar-refractivity contribution in [2.45, 2.75) is 19.3 Å². The molecule has 3 rings (SSSR count). The predicted molar refractivity (Wildman–Crippen MR) is 72.4 cm³/mol. The molecule has 18 heavy (non-hydrogen) atoms. The summed E-state index contributed by atoms with van der Waals surface area (Å²) in [6, 6.07) is 5.32. The molecule has 2 aromatic heterocycles. The number of nitrogens with zero attached hydrogens (tertiary/aromatic N) is 1. The van der Waals surface area contributed by atoms with Crippen molar-refractivity contribution in [1.29, 1.82) is 0 Å². The van der Waals surface area contributed by atoms with Crippen LogP contribution in [0.15, 0.2) is 18.2 Å². The van der Waals surface area contributed by atoms with Gasteiger partial charge >= 0.3 is 0 Å². The lowest BCUT2D eigenvalue weighted by molar-refractivity contribution is 0.103. The minimum absolute atomic E-state index is 0.172. The zero-order valence-corrected chi connectivity index (χ0v) is 11.3. The van der Waals surface area contributed by atoms with Crippen LogP contribution < -0.4 is 5.32 Å². The molecule has 2 aromatic rings. The van der Waals surface area contributed by atoms with E-state index < -0.39 is 0 Å². The minimum Gasteiger partial charge on any atom is -0.304 e. The number of aromatic amines is 1. The van der Waals surface area contributed by atoms with Gasteiger partial charge in [0.1, 0.15) is 0 Å². The topological polar surface area (TPSA) is 57.8 Å². The third-order valence-corrected chi connectivity index (χ3v) is 4.38. The van der Waals surface area contributed by atoms with Crippen LogP contribution in [0.3, 0.4) is 0 Å². The molecule has 0 aliphatic heterocycles. The Hall–Kier alpha value is -1.33. The van der Waals surface area contributed by atoms with Crippen molar-refractivity contribution in [3.63, 3.8) is 0 Å². The first-order valence-electron chi connectivity index (χ1n) is 5.75. The summed E-state index contributed by atoms with van der Waals surface area (Å²) in [5, 5.41) is 9.83. The highest BCUT2D eigenvalue weighted by atomic mass is 35.5. The second-order valence-electron chi connectivity index (χ2n) is 4.59. The SMILES string of the molecule is CC1CC1c1cc(NC(=O)c2ccc(Cl)s2)n[nH]1. The lowest BCUT2D eigenvalue weighted by atomic mass is 10.2. The van der Waals surface area contributed by atoms with Crippen molar-refractivity contribution in [3.05, 3.63) is 33.1 Å². The Morgan fingerprint density at radius 1 is 1.61 bits per heavy atom. The molecule has 1 fully saturated rings. The maximum Gasteiger partial charge on any atom is 0.266 e. The Morgan fingerprint density at radius 2 is 2.39 bits per heavy atom. The van der Waals surface area contributed by atoms with Crippen molar-refractivity contribution in [2.24, 2.45) is 5.92 Å². The van der Waals surface area contributed by atoms with Crippen LogP contribution in [0, 0.1) is 5.92 Å². The van der Waals surface area contributed by atoms with Gasteiger partial charge in [0.2, 0.25) is 0 Å². The number of H-pyrrole nitrogens is 1. The Balaban J connectivity index is 1.69. The number of rotatable bonds is 3. The maximum atomic E-state index is 11.9. The number of halogens is 1. The number of aromatic nitrogens is 2. The van der Waals surface area contributed by atoms with Crippen LogP contribution in [0.25, 0.3) is 0 Å². The number of hydrogen-bond donors (Lipinski definition) is 2. The molecule has 0 radical (unpaired) electrons. The van der Waals surface area contributed by atoms with Gasteiger partial charge in [0, 0.05) is 17.7 Å². The zero-order valence-electron chi connectivity index (χ0n) is 9.74. The fraction of sp³-hybridized carbons (Fsp3) is 0.333. The van der Waals surface area contributed by atoms with Gasteiger partial charge in [-0.05, 0) is 24.5 Å². The molecule has 2 atom stereocenters. The van der Waals surface area contributed by atoms with Crippen molar-refractivity contribution in [3.8, 4) is 0 Å². The quantitative estimate of drug-likeness (QED) is 0.905. The molecule has 1 saturated carbocycles. The predicted octanol–water partition coefficient (Wildman–Crippen LogP) is 3.50. The first kappa shape index (κ1) is 11.7. The van der Waals surface area contributed by atoms with Gasteiger partial charge in [0.05, 0.1) is 9.21 Å². The molecule has 0 spiro atoms. The zero-order chi connectivity index (χ0) is 12.7. The molecule has 1 aliphatic carbocycles. The van der Waals surface area contributed by atoms with Crippen molar-refractivity contribution in [2.75, 3.05) is 5.32 Å². The highest BCUT2D eigenvalue weighted by Crippen LogP contribution is 2.46. The second-order valence-corrected chi connectivity index (χ2v) is 6.30. The van der Waals surface area contributed by atoms with Crippen LogP contribution in [-0.2, 0) is 0 Å². The molecule has 1 amide bonds. The van der Waals surface area contributed by atoms with E-state index in [4.69, 9.17) is 11.6 Å². The lowest BCUT2D eigenvalue weighted by Gasteiger charge is -1.97. The Kier molecular flexibility index (Phi) is 2.87. The van der Waals surface area contributed by atoms with Crippen molar-refractivity contribution < 1.29 is 4.79 Å². The molecule has 6 heteroatoms. The van der Waals surface area contributed by atoms with Gasteiger partial charge < -0.3 is 5.32 Å². The Bertz CT molecular complexity index is 592. The Labute approximate surface area is 113 Å². The van der Waals surface area contributed by atoms with E-state index in [9.17, 15) is 4.79 Å². The first-order chi connectivity index (χ1) is 8.63. The van der Waals surface area contributed by atoms with Gasteiger partial charge in [0.15, 0.2) is 5.82 Å². The smallest absolute Gasteiger partial charge is 0.266 e. The molecule has 1 aliphatic rings. The molecule has 2 heterocycles. The van der Waals surface area contributed by atoms with E-state index in [0.717, 1.165) is 5.69 Å². The van der Waals surface area contributed by atoms with Crippen molar-refractivity contribution >= 4 is 34.7 Å². The average molecular weight is 282 g/mol. The fourth-order valence-corrected chi connectivity index (χ4v) is 2.90. The maximum absolute atomic E-state index is 11.9. The standard InChI is InChI=1S/C12H12ClN3OS/c1-6-4-7(6)8-5-11(16-15-8)14-12(17)9-2-3-10(13)18-9/h2-3,5-7H,4H2,1H3,(H2,14,15,16,17). The van der Waals surface area contributed by atoms with Crippen LogP contribution in [0.5, 0.6) is 0 Å². The summed E-state index contributed by atoms with van der Waals surface area (Å²) in [7, 11) is 0. The molecular formula is C12H12ClN3OS. The molecular weight excluding hydrogens is 270 g/mol. The van der Waals surface area contributed by atoms with E-state index in [1.165, 1.54) is 17.8 Å². The number of carbonyl (C=O) groups excluding carboxylic acids is 1. The summed E-state index contributed by atoms with van der Waals surface area (Å²) in [5.41, 5.74) is 1.10. The van der Waals surface area contributed by atoms with E-state index in [-0.39, 0.29) is 5.91 Å². The van der Waals surface area contributed by atoms with Crippen molar-refractivity contribution in [1.82, 2.24) is 10.2 Å². The van der Waals surface area contributed by atoms with Gasteiger partial charge in [-0.1, -0.05) is 18.5 Å². The third-order valence-electron chi connectivity index (χ3n) is 3.15. The van der Waals surface area contributed by atoms with Crippen LogP contribution in [0.2, 0.25) is 4.34 Å². The number of thiophene rings is 1. The van der Waals surface area contributed by atoms with Crippen LogP contribution in [0.4, 0.5) is 5.82 Å². The molecule has 94 valence electrons. The molecule has 0 aromatic carbocycles. The minimum atomic E-state index is -0.172. The summed E-state index contributed by atoms with van der Waals surface area (Å²) in [4.78, 5) is 12.5. The third kappa shape index (κ3) is 2.28. The van der Waals surface area contributed by atoms with Gasteiger partial charge in [-0.25, -0.2) is 0 Å². The summed E-state index contributed by atoms with van der Waals surface area (Å²) < 4.78 is 0.606. The number of amides is 1. The van der Waals surface area contributed by atoms with E-state index in [0.29, 0.717) is 26.9 Å². The van der Waals surface area contributed by atoms with E-state index in [1.807, 2.05) is 6.07 Å². The second kappa shape index (κ2) is 4.40. The highest BCUT2D eigenvalue weighted by molar-refractivity contribution is 7.18. The first-order valence-corrected chi connectivity index (χ1v) is 6.95. The molecule has 0 saturated heterocycles. The molecule has 2 unspecified atom stereocenters. The largest absolute Gasteiger partial charge is 0.304 e. The number of nitrogens with one attached hydrogen (secondary N) is 2. The van der Waals surface area contributed by atoms with Gasteiger partial charge in [-0.15, -0.1) is 11.3 Å². The van der Waals surface area contributed by atoms with E-state index >= 15 is 0 Å². The van der Waals surface area contributed by atoms with Crippen LogP contribution in [0.1, 0.15) is 34.6 Å². The van der Waals surface area contributed by atoms with Crippen LogP contribution >= 0.6 is 22.9 Å². The van der Waals surface area contributed by atoms with Gasteiger partial charge in [-0.2, -0.15) is 5.10 Å². The number of anilines is 1. The average Bonchev–Trinajstić information content (AvgIpc) is 2.78. The number of carbonyl (C=O) groups is 1. The summed E-state index contributed by atoms with van der Waals surface area (Å²) in [6.07, 6.45) is 1.19. The molecule has 2 N–H and O–H groups in total. The van der Waals surface area contributed by atoms with Gasteiger partial charge in [-0.3, -0.25) is 9.89 Å². The number of hydrogen-bond acceptors (Lipinski definition) is 3. The molecule has 0 bridgehead atoms. The fourth-order valence-electron chi connectivity index (χ4n) is 1.96. The summed E-state index contributed by atoms with van der Waals surface area (Å²) >= 11 is 7.05.